The highest BCUT2D eigenvalue weighted by molar-refractivity contribution is 5.86. The van der Waals surface area contributed by atoms with Crippen LogP contribution in [0, 0.1) is 17.7 Å². The molecule has 1 aromatic rings. The van der Waals surface area contributed by atoms with E-state index in [4.69, 9.17) is 0 Å². The van der Waals surface area contributed by atoms with Crippen molar-refractivity contribution in [3.63, 3.8) is 0 Å². The molecule has 1 N–H and O–H groups in total. The van der Waals surface area contributed by atoms with E-state index in [1.807, 2.05) is 0 Å². The summed E-state index contributed by atoms with van der Waals surface area (Å²) < 4.78 is 13.0. The predicted molar refractivity (Wildman–Crippen MR) is 70.4 cm³/mol. The Labute approximate surface area is 112 Å². The quantitative estimate of drug-likeness (QED) is 0.900. The molecule has 0 bridgehead atoms. The van der Waals surface area contributed by atoms with Crippen LogP contribution >= 0.6 is 0 Å². The molecule has 0 aromatic heterocycles. The number of carboxylic acid groups (broad SMARTS) is 1. The summed E-state index contributed by atoms with van der Waals surface area (Å²) in [5.41, 5.74) is 0.0346. The lowest BCUT2D eigenvalue weighted by Crippen LogP contribution is -2.26. The summed E-state index contributed by atoms with van der Waals surface area (Å²) in [5, 5.41) is 9.63. The lowest BCUT2D eigenvalue weighted by atomic mass is 9.80. The second-order valence-electron chi connectivity index (χ2n) is 5.99. The van der Waals surface area contributed by atoms with E-state index in [-0.39, 0.29) is 11.7 Å². The van der Waals surface area contributed by atoms with Crippen LogP contribution in [-0.2, 0) is 10.2 Å². The Morgan fingerprint density at radius 1 is 1.16 bits per heavy atom. The first kappa shape index (κ1) is 12.6. The van der Waals surface area contributed by atoms with Crippen LogP contribution in [0.15, 0.2) is 24.3 Å². The van der Waals surface area contributed by atoms with Crippen molar-refractivity contribution in [3.8, 4) is 0 Å². The van der Waals surface area contributed by atoms with E-state index < -0.39 is 11.4 Å². The third-order valence-electron chi connectivity index (χ3n) is 4.97. The van der Waals surface area contributed by atoms with E-state index in [2.05, 4.69) is 0 Å². The minimum absolute atomic E-state index is 0.246. The van der Waals surface area contributed by atoms with Gasteiger partial charge in [0.1, 0.15) is 5.82 Å². The zero-order valence-corrected chi connectivity index (χ0v) is 10.9. The van der Waals surface area contributed by atoms with Crippen LogP contribution in [0.2, 0.25) is 0 Å². The van der Waals surface area contributed by atoms with Crippen LogP contribution in [0.4, 0.5) is 4.39 Å². The largest absolute Gasteiger partial charge is 0.481 e. The number of halogens is 1. The van der Waals surface area contributed by atoms with E-state index in [0.717, 1.165) is 24.8 Å². The molecule has 0 heterocycles. The van der Waals surface area contributed by atoms with Crippen molar-refractivity contribution in [1.29, 1.82) is 0 Å². The third-order valence-corrected chi connectivity index (χ3v) is 4.97. The first-order valence-corrected chi connectivity index (χ1v) is 7.14. The molecule has 102 valence electrons. The van der Waals surface area contributed by atoms with Gasteiger partial charge in [0, 0.05) is 0 Å². The zero-order chi connectivity index (χ0) is 13.5. The van der Waals surface area contributed by atoms with E-state index in [0.29, 0.717) is 5.92 Å². The van der Waals surface area contributed by atoms with E-state index in [9.17, 15) is 14.3 Å². The van der Waals surface area contributed by atoms with Crippen molar-refractivity contribution in [2.24, 2.45) is 11.8 Å². The number of rotatable bonds is 3. The highest BCUT2D eigenvalue weighted by Gasteiger charge is 2.63. The number of aliphatic carboxylic acids is 1. The maximum Gasteiger partial charge on any atom is 0.314 e. The molecular weight excluding hydrogens is 243 g/mol. The number of carbonyl (C=O) groups is 1. The molecule has 2 nitrogen and oxygen atoms in total. The van der Waals surface area contributed by atoms with Crippen molar-refractivity contribution >= 4 is 5.97 Å². The van der Waals surface area contributed by atoms with Gasteiger partial charge in [0.25, 0.3) is 0 Å². The molecule has 2 aliphatic carbocycles. The van der Waals surface area contributed by atoms with Gasteiger partial charge in [-0.3, -0.25) is 4.79 Å². The standard InChI is InChI=1S/C16H19FO2/c17-13-8-6-12(7-9-13)16(15(18)19)10-14(16)11-4-2-1-3-5-11/h6-9,11,14H,1-5,10H2,(H,18,19). The predicted octanol–water partition coefficient (Wildman–Crippen LogP) is 3.75. The Kier molecular flexibility index (Phi) is 3.08. The minimum Gasteiger partial charge on any atom is -0.481 e. The molecule has 3 rings (SSSR count). The van der Waals surface area contributed by atoms with Crippen molar-refractivity contribution < 1.29 is 14.3 Å². The molecule has 0 aliphatic heterocycles. The molecule has 0 spiro atoms. The van der Waals surface area contributed by atoms with Crippen LogP contribution in [-0.4, -0.2) is 11.1 Å². The summed E-state index contributed by atoms with van der Waals surface area (Å²) in [5.74, 6) is -0.264. The maximum atomic E-state index is 13.0. The maximum absolute atomic E-state index is 13.0. The van der Waals surface area contributed by atoms with Gasteiger partial charge in [-0.15, -0.1) is 0 Å². The first-order chi connectivity index (χ1) is 9.14. The molecule has 0 saturated heterocycles. The van der Waals surface area contributed by atoms with Crippen LogP contribution in [0.5, 0.6) is 0 Å². The van der Waals surface area contributed by atoms with Crippen LogP contribution in [0.3, 0.4) is 0 Å². The van der Waals surface area contributed by atoms with Gasteiger partial charge in [0.15, 0.2) is 0 Å². The van der Waals surface area contributed by atoms with Gasteiger partial charge in [-0.2, -0.15) is 0 Å². The summed E-state index contributed by atoms with van der Waals surface area (Å²) in [4.78, 5) is 11.7. The second-order valence-corrected chi connectivity index (χ2v) is 5.99. The van der Waals surface area contributed by atoms with Gasteiger partial charge in [-0.05, 0) is 36.0 Å². The van der Waals surface area contributed by atoms with Gasteiger partial charge in [0.2, 0.25) is 0 Å². The Morgan fingerprint density at radius 3 is 2.37 bits per heavy atom. The molecule has 1 aromatic carbocycles. The van der Waals surface area contributed by atoms with Gasteiger partial charge in [-0.1, -0.05) is 44.2 Å². The highest BCUT2D eigenvalue weighted by atomic mass is 19.1. The van der Waals surface area contributed by atoms with Crippen LogP contribution in [0.1, 0.15) is 44.1 Å². The molecule has 0 radical (unpaired) electrons. The van der Waals surface area contributed by atoms with Gasteiger partial charge < -0.3 is 5.11 Å². The molecule has 2 fully saturated rings. The number of hydrogen-bond donors (Lipinski definition) is 1. The third kappa shape index (κ3) is 2.05. The number of benzene rings is 1. The molecule has 2 saturated carbocycles. The molecule has 19 heavy (non-hydrogen) atoms. The first-order valence-electron chi connectivity index (χ1n) is 7.14. The molecular formula is C16H19FO2. The van der Waals surface area contributed by atoms with Gasteiger partial charge >= 0.3 is 5.97 Å². The number of hydrogen-bond acceptors (Lipinski definition) is 1. The monoisotopic (exact) mass is 262 g/mol. The summed E-state index contributed by atoms with van der Waals surface area (Å²) in [6.07, 6.45) is 6.75. The minimum atomic E-state index is -0.741. The van der Waals surface area contributed by atoms with Crippen LogP contribution < -0.4 is 0 Å². The second kappa shape index (κ2) is 4.62. The normalized spacial score (nSPS) is 31.1. The Morgan fingerprint density at radius 2 is 1.79 bits per heavy atom. The van der Waals surface area contributed by atoms with Crippen molar-refractivity contribution in [3.05, 3.63) is 35.6 Å². The lowest BCUT2D eigenvalue weighted by molar-refractivity contribution is -0.140. The SMILES string of the molecule is O=C(O)C1(c2ccc(F)cc2)CC1C1CCCCC1. The van der Waals surface area contributed by atoms with E-state index in [1.54, 1.807) is 12.1 Å². The van der Waals surface area contributed by atoms with Gasteiger partial charge in [-0.25, -0.2) is 4.39 Å². The summed E-state index contributed by atoms with van der Waals surface area (Å²) in [6.45, 7) is 0. The molecule has 2 atom stereocenters. The molecule has 0 amide bonds. The van der Waals surface area contributed by atoms with Gasteiger partial charge in [0.05, 0.1) is 5.41 Å². The topological polar surface area (TPSA) is 37.3 Å². The fourth-order valence-electron chi connectivity index (χ4n) is 3.84. The average molecular weight is 262 g/mol. The smallest absolute Gasteiger partial charge is 0.314 e. The fraction of sp³-hybridized carbons (Fsp3) is 0.562. The Balaban J connectivity index is 1.86. The van der Waals surface area contributed by atoms with E-state index >= 15 is 0 Å². The Bertz CT molecular complexity index is 476. The highest BCUT2D eigenvalue weighted by Crippen LogP contribution is 2.60. The molecule has 2 unspecified atom stereocenters. The molecule has 2 aliphatic rings. The zero-order valence-electron chi connectivity index (χ0n) is 10.9. The number of carboxylic acids is 1. The summed E-state index contributed by atoms with van der Waals surface area (Å²) in [7, 11) is 0. The average Bonchev–Trinajstić information content (AvgIpc) is 3.17. The van der Waals surface area contributed by atoms with Crippen LogP contribution in [0.25, 0.3) is 0 Å². The molecule has 3 heteroatoms. The van der Waals surface area contributed by atoms with Crippen molar-refractivity contribution in [1.82, 2.24) is 0 Å². The Hall–Kier alpha value is -1.38. The van der Waals surface area contributed by atoms with Crippen molar-refractivity contribution in [2.45, 2.75) is 43.9 Å². The van der Waals surface area contributed by atoms with Crippen molar-refractivity contribution in [2.75, 3.05) is 0 Å². The summed E-state index contributed by atoms with van der Waals surface area (Å²) in [6, 6.07) is 6.03. The van der Waals surface area contributed by atoms with E-state index in [1.165, 1.54) is 31.4 Å². The lowest BCUT2D eigenvalue weighted by Gasteiger charge is -2.24. The fourth-order valence-corrected chi connectivity index (χ4v) is 3.84. The summed E-state index contributed by atoms with van der Waals surface area (Å²) >= 11 is 0.